The zero-order chi connectivity index (χ0) is 21.6. The van der Waals surface area contributed by atoms with E-state index in [1.54, 1.807) is 4.90 Å². The summed E-state index contributed by atoms with van der Waals surface area (Å²) in [5.74, 6) is 0.150. The first kappa shape index (κ1) is 20.3. The van der Waals surface area contributed by atoms with Gasteiger partial charge in [-0.1, -0.05) is 26.3 Å². The van der Waals surface area contributed by atoms with Crippen molar-refractivity contribution in [2.45, 2.75) is 52.4 Å². The Morgan fingerprint density at radius 2 is 2.00 bits per heavy atom. The molecule has 6 heteroatoms. The molecule has 2 N–H and O–H groups in total. The van der Waals surface area contributed by atoms with E-state index in [-0.39, 0.29) is 5.91 Å². The SMILES string of the molecule is CN(C(=O)CN1CCCCC1)c1ccc2cc(-c3n[nH]c4c3CCC(C)(C)C4)[nH]c2c1. The third-order valence-corrected chi connectivity index (χ3v) is 7.09. The number of aromatic amines is 2. The molecule has 0 radical (unpaired) electrons. The lowest BCUT2D eigenvalue weighted by Crippen LogP contribution is -2.40. The zero-order valence-corrected chi connectivity index (χ0v) is 18.9. The van der Waals surface area contributed by atoms with Gasteiger partial charge in [0.1, 0.15) is 5.69 Å². The minimum absolute atomic E-state index is 0.150. The number of fused-ring (bicyclic) bond motifs is 2. The first-order valence-electron chi connectivity index (χ1n) is 11.6. The standard InChI is InChI=1S/C25H33N5O/c1-25(2)10-9-19-22(15-25)27-28-24(19)21-13-17-7-8-18(14-20(17)26-21)29(3)23(31)16-30-11-5-4-6-12-30/h7-8,13-14,26H,4-6,9-12,15-16H2,1-3H3,(H,27,28). The van der Waals surface area contributed by atoms with Gasteiger partial charge in [-0.15, -0.1) is 0 Å². The number of rotatable bonds is 4. The van der Waals surface area contributed by atoms with Gasteiger partial charge < -0.3 is 9.88 Å². The maximum atomic E-state index is 12.8. The predicted molar refractivity (Wildman–Crippen MR) is 125 cm³/mol. The molecule has 2 aromatic heterocycles. The lowest BCUT2D eigenvalue weighted by Gasteiger charge is -2.28. The van der Waals surface area contributed by atoms with E-state index in [1.807, 2.05) is 13.1 Å². The van der Waals surface area contributed by atoms with E-state index in [1.165, 1.54) is 36.9 Å². The normalized spacial score (nSPS) is 18.8. The third kappa shape index (κ3) is 4.01. The largest absolute Gasteiger partial charge is 0.353 e. The smallest absolute Gasteiger partial charge is 0.240 e. The highest BCUT2D eigenvalue weighted by molar-refractivity contribution is 5.97. The van der Waals surface area contributed by atoms with Gasteiger partial charge in [-0.2, -0.15) is 5.10 Å². The van der Waals surface area contributed by atoms with E-state index in [9.17, 15) is 4.79 Å². The van der Waals surface area contributed by atoms with Crippen LogP contribution in [-0.2, 0) is 17.6 Å². The van der Waals surface area contributed by atoms with Gasteiger partial charge in [0.15, 0.2) is 0 Å². The van der Waals surface area contributed by atoms with Crippen LogP contribution in [0.3, 0.4) is 0 Å². The number of aromatic nitrogens is 3. The van der Waals surface area contributed by atoms with Crippen molar-refractivity contribution in [3.05, 3.63) is 35.5 Å². The van der Waals surface area contributed by atoms with Gasteiger partial charge in [-0.05, 0) is 68.8 Å². The molecule has 1 aliphatic carbocycles. The zero-order valence-electron chi connectivity index (χ0n) is 18.9. The number of nitrogens with one attached hydrogen (secondary N) is 2. The molecule has 1 fully saturated rings. The van der Waals surface area contributed by atoms with Gasteiger partial charge in [0, 0.05) is 34.9 Å². The molecule has 1 aromatic carbocycles. The van der Waals surface area contributed by atoms with Crippen molar-refractivity contribution < 1.29 is 4.79 Å². The van der Waals surface area contributed by atoms with Crippen LogP contribution in [0.4, 0.5) is 5.69 Å². The molecule has 0 atom stereocenters. The van der Waals surface area contributed by atoms with Gasteiger partial charge in [0.05, 0.1) is 12.2 Å². The van der Waals surface area contributed by atoms with Crippen LogP contribution >= 0.6 is 0 Å². The van der Waals surface area contributed by atoms with Crippen LogP contribution in [0.2, 0.25) is 0 Å². The molecule has 0 unspecified atom stereocenters. The van der Waals surface area contributed by atoms with Crippen molar-refractivity contribution >= 4 is 22.5 Å². The fourth-order valence-electron chi connectivity index (χ4n) is 5.08. The van der Waals surface area contributed by atoms with E-state index in [0.29, 0.717) is 12.0 Å². The van der Waals surface area contributed by atoms with Crippen molar-refractivity contribution in [3.8, 4) is 11.4 Å². The molecule has 5 rings (SSSR count). The van der Waals surface area contributed by atoms with Crippen LogP contribution in [0.5, 0.6) is 0 Å². The summed E-state index contributed by atoms with van der Waals surface area (Å²) in [5, 5.41) is 9.08. The molecule has 3 aromatic rings. The highest BCUT2D eigenvalue weighted by Gasteiger charge is 2.29. The number of amides is 1. The average Bonchev–Trinajstić information content (AvgIpc) is 3.35. The van der Waals surface area contributed by atoms with E-state index in [0.717, 1.165) is 53.9 Å². The first-order chi connectivity index (χ1) is 14.9. The average molecular weight is 420 g/mol. The molecule has 1 amide bonds. The molecule has 1 saturated heterocycles. The second-order valence-electron chi connectivity index (χ2n) is 10.1. The highest BCUT2D eigenvalue weighted by atomic mass is 16.2. The number of likely N-dealkylation sites (N-methyl/N-ethyl adjacent to an activating group) is 1. The molecular formula is C25H33N5O. The van der Waals surface area contributed by atoms with Crippen LogP contribution in [-0.4, -0.2) is 52.7 Å². The maximum absolute atomic E-state index is 12.8. The van der Waals surface area contributed by atoms with Crippen molar-refractivity contribution in [3.63, 3.8) is 0 Å². The van der Waals surface area contributed by atoms with Gasteiger partial charge in [0.25, 0.3) is 0 Å². The fourth-order valence-corrected chi connectivity index (χ4v) is 5.08. The number of H-pyrrole nitrogens is 2. The topological polar surface area (TPSA) is 68.0 Å². The van der Waals surface area contributed by atoms with Crippen LogP contribution in [0.1, 0.15) is 50.8 Å². The summed E-state index contributed by atoms with van der Waals surface area (Å²) >= 11 is 0. The van der Waals surface area contributed by atoms with Gasteiger partial charge >= 0.3 is 0 Å². The quantitative estimate of drug-likeness (QED) is 0.653. The van der Waals surface area contributed by atoms with Crippen LogP contribution in [0.15, 0.2) is 24.3 Å². The molecule has 6 nitrogen and oxygen atoms in total. The Bertz CT molecular complexity index is 1100. The summed E-state index contributed by atoms with van der Waals surface area (Å²) in [6.07, 6.45) is 6.96. The molecular weight excluding hydrogens is 386 g/mol. The number of piperidine rings is 1. The number of carbonyl (C=O) groups is 1. The second-order valence-corrected chi connectivity index (χ2v) is 10.1. The molecule has 2 aliphatic rings. The van der Waals surface area contributed by atoms with Crippen LogP contribution in [0.25, 0.3) is 22.3 Å². The second kappa shape index (κ2) is 7.83. The summed E-state index contributed by atoms with van der Waals surface area (Å²) in [6, 6.07) is 8.38. The summed E-state index contributed by atoms with van der Waals surface area (Å²) in [5.41, 5.74) is 7.00. The summed E-state index contributed by atoms with van der Waals surface area (Å²) in [6.45, 7) is 7.21. The van der Waals surface area contributed by atoms with Gasteiger partial charge in [-0.25, -0.2) is 0 Å². The maximum Gasteiger partial charge on any atom is 0.240 e. The monoisotopic (exact) mass is 419 g/mol. The van der Waals surface area contributed by atoms with Crippen molar-refractivity contribution in [1.29, 1.82) is 0 Å². The molecule has 0 spiro atoms. The molecule has 3 heterocycles. The number of likely N-dealkylation sites (tertiary alicyclic amines) is 1. The highest BCUT2D eigenvalue weighted by Crippen LogP contribution is 2.38. The number of anilines is 1. The van der Waals surface area contributed by atoms with Crippen LogP contribution < -0.4 is 4.90 Å². The van der Waals surface area contributed by atoms with Crippen molar-refractivity contribution in [1.82, 2.24) is 20.1 Å². The minimum atomic E-state index is 0.150. The Balaban J connectivity index is 1.37. The summed E-state index contributed by atoms with van der Waals surface area (Å²) in [7, 11) is 1.88. The Morgan fingerprint density at radius 3 is 2.81 bits per heavy atom. The third-order valence-electron chi connectivity index (χ3n) is 7.09. The number of hydrogen-bond donors (Lipinski definition) is 2. The first-order valence-corrected chi connectivity index (χ1v) is 11.6. The van der Waals surface area contributed by atoms with E-state index >= 15 is 0 Å². The van der Waals surface area contributed by atoms with Gasteiger partial charge in [0.2, 0.25) is 5.91 Å². The summed E-state index contributed by atoms with van der Waals surface area (Å²) in [4.78, 5) is 20.4. The number of benzene rings is 1. The van der Waals surface area contributed by atoms with Crippen molar-refractivity contribution in [2.24, 2.45) is 5.41 Å². The van der Waals surface area contributed by atoms with Crippen LogP contribution in [0, 0.1) is 5.41 Å². The summed E-state index contributed by atoms with van der Waals surface area (Å²) < 4.78 is 0. The minimum Gasteiger partial charge on any atom is -0.353 e. The Kier molecular flexibility index (Phi) is 5.13. The Hall–Kier alpha value is -2.60. The van der Waals surface area contributed by atoms with E-state index in [4.69, 9.17) is 0 Å². The van der Waals surface area contributed by atoms with E-state index in [2.05, 4.69) is 52.1 Å². The van der Waals surface area contributed by atoms with E-state index < -0.39 is 0 Å². The fraction of sp³-hybridized carbons (Fsp3) is 0.520. The Labute approximate surface area is 184 Å². The Morgan fingerprint density at radius 1 is 1.19 bits per heavy atom. The molecule has 0 saturated carbocycles. The lowest BCUT2D eigenvalue weighted by atomic mass is 9.76. The molecule has 164 valence electrons. The number of carbonyl (C=O) groups excluding carboxylic acids is 1. The van der Waals surface area contributed by atoms with Gasteiger partial charge in [-0.3, -0.25) is 14.8 Å². The van der Waals surface area contributed by atoms with Crippen molar-refractivity contribution in [2.75, 3.05) is 31.6 Å². The lowest BCUT2D eigenvalue weighted by molar-refractivity contribution is -0.119. The molecule has 31 heavy (non-hydrogen) atoms. The molecule has 0 bridgehead atoms. The number of hydrogen-bond acceptors (Lipinski definition) is 3. The predicted octanol–water partition coefficient (Wildman–Crippen LogP) is 4.52. The molecule has 1 aliphatic heterocycles. The number of nitrogens with zero attached hydrogens (tertiary/aromatic N) is 3.